The van der Waals surface area contributed by atoms with E-state index in [2.05, 4.69) is 19.8 Å². The lowest BCUT2D eigenvalue weighted by Gasteiger charge is -2.21. The smallest absolute Gasteiger partial charge is 0.390 e. The summed E-state index contributed by atoms with van der Waals surface area (Å²) < 4.78 is 23.4. The number of rotatable bonds is 6. The van der Waals surface area contributed by atoms with E-state index in [1.807, 2.05) is 36.4 Å². The van der Waals surface area contributed by atoms with Crippen LogP contribution in [0.15, 0.2) is 47.3 Å². The minimum atomic E-state index is -4.81. The number of imidazole rings is 1. The van der Waals surface area contributed by atoms with Gasteiger partial charge in [0.25, 0.3) is 5.56 Å². The van der Waals surface area contributed by atoms with Gasteiger partial charge in [0.05, 0.1) is 18.6 Å². The van der Waals surface area contributed by atoms with Crippen LogP contribution in [0.2, 0.25) is 0 Å². The molecule has 4 atom stereocenters. The van der Waals surface area contributed by atoms with Crippen molar-refractivity contribution in [2.75, 3.05) is 17.7 Å². The summed E-state index contributed by atoms with van der Waals surface area (Å²) in [4.78, 5) is 54.4. The summed E-state index contributed by atoms with van der Waals surface area (Å²) >= 11 is 0. The number of phosphoric ester groups is 1. The monoisotopic (exact) mass is 568 g/mol. The number of hydrogen-bond donors (Lipinski definition) is 6. The fourth-order valence-corrected chi connectivity index (χ4v) is 5.81. The number of ether oxygens (including phenoxy) is 1. The summed E-state index contributed by atoms with van der Waals surface area (Å²) in [6.45, 7) is 0.853. The maximum absolute atomic E-state index is 12.9. The number of carbonyl (C=O) groups excluding carboxylic acids is 1. The van der Waals surface area contributed by atoms with Crippen molar-refractivity contribution < 1.29 is 33.5 Å². The van der Waals surface area contributed by atoms with Crippen LogP contribution in [-0.2, 0) is 18.6 Å². The summed E-state index contributed by atoms with van der Waals surface area (Å²) in [7, 11) is -4.81. The predicted octanol–water partition coefficient (Wildman–Crippen LogP) is 1.58. The molecule has 4 aromatic rings. The predicted molar refractivity (Wildman–Crippen MR) is 142 cm³/mol. The van der Waals surface area contributed by atoms with Crippen molar-refractivity contribution >= 4 is 36.5 Å². The van der Waals surface area contributed by atoms with Gasteiger partial charge in [-0.25, -0.2) is 9.55 Å². The molecule has 0 radical (unpaired) electrons. The topological polar surface area (TPSA) is 215 Å². The zero-order valence-electron chi connectivity index (χ0n) is 21.0. The van der Waals surface area contributed by atoms with Gasteiger partial charge in [-0.05, 0) is 34.4 Å². The molecule has 1 aliphatic heterocycles. The number of fused-ring (bicyclic) bond motifs is 4. The van der Waals surface area contributed by atoms with Crippen molar-refractivity contribution in [1.82, 2.24) is 19.5 Å². The van der Waals surface area contributed by atoms with Crippen molar-refractivity contribution in [2.45, 2.75) is 37.7 Å². The molecule has 14 nitrogen and oxygen atoms in total. The number of aromatic nitrogens is 4. The second kappa shape index (κ2) is 9.63. The molecule has 1 aliphatic carbocycles. The molecule has 15 heteroatoms. The quantitative estimate of drug-likeness (QED) is 0.162. The molecule has 1 unspecified atom stereocenters. The highest BCUT2D eigenvalue weighted by atomic mass is 31.2. The number of amides is 1. The van der Waals surface area contributed by atoms with Crippen molar-refractivity contribution in [1.29, 1.82) is 0 Å². The number of phosphoric acid groups is 1. The van der Waals surface area contributed by atoms with Crippen molar-refractivity contribution in [3.63, 3.8) is 0 Å². The SMILES string of the molecule is CC(=O)Nc1ccc2c(c1)C(c1nc3c(=O)[nH]c(N)nc3n1[C@H]1C[C@H](O)[C@@H](COP(=O)(O)O)O1)c1ccccc1-2. The van der Waals surface area contributed by atoms with Gasteiger partial charge in [0.2, 0.25) is 11.9 Å². The van der Waals surface area contributed by atoms with Crippen LogP contribution in [-0.4, -0.2) is 59.1 Å². The van der Waals surface area contributed by atoms with Crippen molar-refractivity contribution in [3.8, 4) is 11.1 Å². The van der Waals surface area contributed by atoms with Crippen LogP contribution in [0.25, 0.3) is 22.3 Å². The van der Waals surface area contributed by atoms with E-state index in [9.17, 15) is 19.3 Å². The van der Waals surface area contributed by atoms with E-state index in [1.165, 1.54) is 6.92 Å². The summed E-state index contributed by atoms with van der Waals surface area (Å²) in [6.07, 6.45) is -3.15. The number of aliphatic hydroxyl groups excluding tert-OH is 1. The number of nitrogens with two attached hydrogens (primary N) is 1. The average Bonchev–Trinajstić information content (AvgIpc) is 3.52. The lowest BCUT2D eigenvalue weighted by atomic mass is 9.95. The van der Waals surface area contributed by atoms with Crippen LogP contribution in [0.4, 0.5) is 11.6 Å². The molecule has 40 heavy (non-hydrogen) atoms. The molecule has 0 spiro atoms. The fraction of sp³-hybridized carbons (Fsp3) is 0.280. The highest BCUT2D eigenvalue weighted by Crippen LogP contribution is 2.50. The van der Waals surface area contributed by atoms with E-state index in [1.54, 1.807) is 10.6 Å². The molecule has 6 rings (SSSR count). The zero-order valence-corrected chi connectivity index (χ0v) is 21.9. The number of aromatic amines is 1. The number of benzene rings is 2. The molecule has 7 N–H and O–H groups in total. The first-order chi connectivity index (χ1) is 19.0. The van der Waals surface area contributed by atoms with Crippen LogP contribution in [0.3, 0.4) is 0 Å². The molecule has 1 saturated heterocycles. The molecule has 1 fully saturated rings. The summed E-state index contributed by atoms with van der Waals surface area (Å²) in [5.41, 5.74) is 9.56. The highest BCUT2D eigenvalue weighted by Gasteiger charge is 2.41. The molecular formula is C25H25N6O8P. The third kappa shape index (κ3) is 4.60. The van der Waals surface area contributed by atoms with E-state index in [-0.39, 0.29) is 29.4 Å². The number of carbonyl (C=O) groups is 1. The van der Waals surface area contributed by atoms with Crippen LogP contribution < -0.4 is 16.6 Å². The fourth-order valence-electron chi connectivity index (χ4n) is 5.47. The Hall–Kier alpha value is -3.91. The maximum Gasteiger partial charge on any atom is 0.469 e. The standard InChI is InChI=1S/C25H25N6O8P/c1-11(32)27-12-6-7-14-13-4-2-3-5-15(13)20(16(14)8-12)22-28-21-23(29-25(26)30-24(21)34)31(22)19-9-17(33)18(39-19)10-38-40(35,36)37/h2-8,17-20,33H,9-10H2,1H3,(H,27,32)(H2,35,36,37)(H3,26,29,30,34)/t17-,18+,19+,20?/m0/s1. The van der Waals surface area contributed by atoms with Crippen LogP contribution in [0, 0.1) is 0 Å². The molecule has 3 heterocycles. The first-order valence-electron chi connectivity index (χ1n) is 12.3. The van der Waals surface area contributed by atoms with Crippen LogP contribution in [0.1, 0.15) is 42.4 Å². The molecule has 0 bridgehead atoms. The number of hydrogen-bond acceptors (Lipinski definition) is 9. The number of nitrogen functional groups attached to an aromatic ring is 1. The van der Waals surface area contributed by atoms with E-state index in [0.717, 1.165) is 22.3 Å². The first-order valence-corrected chi connectivity index (χ1v) is 13.8. The Morgan fingerprint density at radius 3 is 2.73 bits per heavy atom. The van der Waals surface area contributed by atoms with E-state index < -0.39 is 44.3 Å². The molecule has 0 saturated carbocycles. The summed E-state index contributed by atoms with van der Waals surface area (Å²) in [5, 5.41) is 13.5. The van der Waals surface area contributed by atoms with Crippen molar-refractivity contribution in [2.24, 2.45) is 0 Å². The lowest BCUT2D eigenvalue weighted by molar-refractivity contribution is -0.114. The minimum absolute atomic E-state index is 0.00107. The van der Waals surface area contributed by atoms with Gasteiger partial charge in [-0.1, -0.05) is 30.3 Å². The lowest BCUT2D eigenvalue weighted by Crippen LogP contribution is -2.26. The van der Waals surface area contributed by atoms with Gasteiger partial charge in [-0.2, -0.15) is 4.98 Å². The van der Waals surface area contributed by atoms with E-state index >= 15 is 0 Å². The molecular weight excluding hydrogens is 543 g/mol. The van der Waals surface area contributed by atoms with Crippen LogP contribution >= 0.6 is 7.82 Å². The third-order valence-electron chi connectivity index (χ3n) is 7.00. The Kier molecular flexibility index (Phi) is 6.33. The number of aliphatic hydroxyl groups is 1. The second-order valence-corrected chi connectivity index (χ2v) is 10.9. The van der Waals surface area contributed by atoms with Gasteiger partial charge in [-0.15, -0.1) is 0 Å². The average molecular weight is 568 g/mol. The van der Waals surface area contributed by atoms with Crippen molar-refractivity contribution in [3.05, 3.63) is 69.8 Å². The Morgan fingerprint density at radius 2 is 1.98 bits per heavy atom. The van der Waals surface area contributed by atoms with Gasteiger partial charge in [0.1, 0.15) is 18.2 Å². The number of nitrogens with one attached hydrogen (secondary N) is 2. The van der Waals surface area contributed by atoms with Gasteiger partial charge in [-0.3, -0.25) is 23.7 Å². The number of anilines is 2. The molecule has 1 amide bonds. The van der Waals surface area contributed by atoms with Gasteiger partial charge in [0.15, 0.2) is 11.2 Å². The number of nitrogens with zero attached hydrogens (tertiary/aromatic N) is 3. The number of H-pyrrole nitrogens is 1. The minimum Gasteiger partial charge on any atom is -0.390 e. The van der Waals surface area contributed by atoms with E-state index in [0.29, 0.717) is 11.5 Å². The zero-order chi connectivity index (χ0) is 28.3. The molecule has 2 aromatic heterocycles. The van der Waals surface area contributed by atoms with Gasteiger partial charge < -0.3 is 30.7 Å². The molecule has 2 aromatic carbocycles. The Morgan fingerprint density at radius 1 is 1.23 bits per heavy atom. The normalized spacial score (nSPS) is 21.9. The summed E-state index contributed by atoms with van der Waals surface area (Å²) in [6, 6.07) is 13.2. The largest absolute Gasteiger partial charge is 0.469 e. The summed E-state index contributed by atoms with van der Waals surface area (Å²) in [5.74, 6) is -0.535. The van der Waals surface area contributed by atoms with Gasteiger partial charge in [0, 0.05) is 19.0 Å². The highest BCUT2D eigenvalue weighted by molar-refractivity contribution is 7.46. The molecule has 2 aliphatic rings. The van der Waals surface area contributed by atoms with E-state index in [4.69, 9.17) is 25.2 Å². The second-order valence-electron chi connectivity index (χ2n) is 9.69. The van der Waals surface area contributed by atoms with Crippen LogP contribution in [0.5, 0.6) is 0 Å². The third-order valence-corrected chi connectivity index (χ3v) is 7.48. The first kappa shape index (κ1) is 26.3. The Bertz CT molecular complexity index is 1760. The molecule has 208 valence electrons. The Balaban J connectivity index is 1.53. The van der Waals surface area contributed by atoms with Gasteiger partial charge >= 0.3 is 7.82 Å². The maximum atomic E-state index is 12.9. The Labute approximate surface area is 226 Å².